The zero-order chi connectivity index (χ0) is 14.8. The average Bonchev–Trinajstić information content (AvgIpc) is 2.91. The first-order chi connectivity index (χ1) is 9.45. The Kier molecular flexibility index (Phi) is 4.09. The highest BCUT2D eigenvalue weighted by molar-refractivity contribution is 7.89. The number of nitrogen functional groups attached to an aromatic ring is 1. The Balaban J connectivity index is 2.33. The second-order valence-corrected chi connectivity index (χ2v) is 7.05. The van der Waals surface area contributed by atoms with Gasteiger partial charge in [-0.15, -0.1) is 0 Å². The van der Waals surface area contributed by atoms with Crippen molar-refractivity contribution in [3.8, 4) is 6.07 Å². The van der Waals surface area contributed by atoms with E-state index >= 15 is 0 Å². The Labute approximate surface area is 121 Å². The maximum atomic E-state index is 12.4. The molecule has 0 atom stereocenters. The number of sulfonamides is 1. The highest BCUT2D eigenvalue weighted by Gasteiger charge is 2.23. The van der Waals surface area contributed by atoms with Crippen LogP contribution < -0.4 is 5.73 Å². The summed E-state index contributed by atoms with van der Waals surface area (Å²) < 4.78 is 26.1. The Morgan fingerprint density at radius 3 is 2.70 bits per heavy atom. The summed E-state index contributed by atoms with van der Waals surface area (Å²) in [5.41, 5.74) is 7.08. The van der Waals surface area contributed by atoms with Crippen molar-refractivity contribution < 1.29 is 8.42 Å². The van der Waals surface area contributed by atoms with Crippen LogP contribution in [0.1, 0.15) is 11.1 Å². The molecule has 2 N–H and O–H groups in total. The third-order valence-electron chi connectivity index (χ3n) is 2.81. The predicted molar refractivity (Wildman–Crippen MR) is 78.5 cm³/mol. The molecule has 0 aliphatic rings. The number of nitrogens with zero attached hydrogens (tertiary/aromatic N) is 2. The molecule has 0 fully saturated rings. The molecular weight excluding hydrogens is 294 g/mol. The van der Waals surface area contributed by atoms with Crippen molar-refractivity contribution in [2.24, 2.45) is 0 Å². The molecule has 7 heteroatoms. The van der Waals surface area contributed by atoms with Crippen molar-refractivity contribution >= 4 is 27.0 Å². The van der Waals surface area contributed by atoms with E-state index in [0.29, 0.717) is 5.56 Å². The summed E-state index contributed by atoms with van der Waals surface area (Å²) in [5.74, 6) is 0. The van der Waals surface area contributed by atoms with Crippen LogP contribution in [0, 0.1) is 11.3 Å². The number of benzene rings is 1. The zero-order valence-corrected chi connectivity index (χ0v) is 12.4. The fourth-order valence-electron chi connectivity index (χ4n) is 1.75. The topological polar surface area (TPSA) is 87.2 Å². The van der Waals surface area contributed by atoms with Gasteiger partial charge in [0.05, 0.1) is 17.3 Å². The molecule has 5 nitrogen and oxygen atoms in total. The minimum atomic E-state index is -3.67. The van der Waals surface area contributed by atoms with Crippen LogP contribution >= 0.6 is 11.3 Å². The fraction of sp³-hybridized carbons (Fsp3) is 0.154. The third kappa shape index (κ3) is 2.82. The van der Waals surface area contributed by atoms with E-state index in [2.05, 4.69) is 0 Å². The number of anilines is 1. The van der Waals surface area contributed by atoms with Crippen LogP contribution in [0.4, 0.5) is 5.69 Å². The molecule has 1 aromatic heterocycles. The van der Waals surface area contributed by atoms with Crippen LogP contribution in [0.3, 0.4) is 0 Å². The summed E-state index contributed by atoms with van der Waals surface area (Å²) >= 11 is 1.51. The van der Waals surface area contributed by atoms with Crippen LogP contribution in [-0.2, 0) is 16.6 Å². The summed E-state index contributed by atoms with van der Waals surface area (Å²) in [6.45, 7) is 0.283. The third-order valence-corrected chi connectivity index (χ3v) is 5.42. The SMILES string of the molecule is CN(Cc1ccsc1)S(=O)(=O)c1ccc(C#N)cc1N. The molecule has 0 unspecified atom stereocenters. The monoisotopic (exact) mass is 307 g/mol. The lowest BCUT2D eigenvalue weighted by Crippen LogP contribution is -2.27. The minimum absolute atomic E-state index is 0.0224. The van der Waals surface area contributed by atoms with Gasteiger partial charge in [0.25, 0.3) is 0 Å². The van der Waals surface area contributed by atoms with E-state index in [1.54, 1.807) is 0 Å². The lowest BCUT2D eigenvalue weighted by molar-refractivity contribution is 0.467. The number of nitriles is 1. The fourth-order valence-corrected chi connectivity index (χ4v) is 3.66. The molecule has 0 spiro atoms. The van der Waals surface area contributed by atoms with Gasteiger partial charge in [0.1, 0.15) is 4.90 Å². The zero-order valence-electron chi connectivity index (χ0n) is 10.8. The van der Waals surface area contributed by atoms with Gasteiger partial charge in [-0.05, 0) is 40.6 Å². The van der Waals surface area contributed by atoms with Gasteiger partial charge in [-0.2, -0.15) is 20.9 Å². The summed E-state index contributed by atoms with van der Waals surface area (Å²) in [6, 6.07) is 7.98. The smallest absolute Gasteiger partial charge is 0.245 e. The quantitative estimate of drug-likeness (QED) is 0.875. The molecule has 1 heterocycles. The molecule has 20 heavy (non-hydrogen) atoms. The molecule has 0 bridgehead atoms. The second-order valence-electron chi connectivity index (χ2n) is 4.26. The van der Waals surface area contributed by atoms with Crippen molar-refractivity contribution in [2.45, 2.75) is 11.4 Å². The Bertz CT molecular complexity index is 746. The van der Waals surface area contributed by atoms with E-state index in [-0.39, 0.29) is 17.1 Å². The summed E-state index contributed by atoms with van der Waals surface area (Å²) in [7, 11) is -2.16. The molecule has 0 saturated heterocycles. The first-order valence-corrected chi connectivity index (χ1v) is 8.10. The molecular formula is C13H13N3O2S2. The van der Waals surface area contributed by atoms with Crippen LogP contribution in [0.15, 0.2) is 39.9 Å². The Hall–Kier alpha value is -1.88. The van der Waals surface area contributed by atoms with Gasteiger partial charge < -0.3 is 5.73 Å². The standard InChI is InChI=1S/C13H13N3O2S2/c1-16(8-11-4-5-19-9-11)20(17,18)13-3-2-10(7-14)6-12(13)15/h2-6,9H,8,15H2,1H3. The molecule has 0 radical (unpaired) electrons. The number of thiophene rings is 1. The van der Waals surface area contributed by atoms with Gasteiger partial charge in [-0.1, -0.05) is 0 Å². The van der Waals surface area contributed by atoms with Gasteiger partial charge in [-0.3, -0.25) is 0 Å². The van der Waals surface area contributed by atoms with Crippen molar-refractivity contribution in [2.75, 3.05) is 12.8 Å². The van der Waals surface area contributed by atoms with Crippen LogP contribution in [-0.4, -0.2) is 19.8 Å². The minimum Gasteiger partial charge on any atom is -0.398 e. The largest absolute Gasteiger partial charge is 0.398 e. The molecule has 0 amide bonds. The Morgan fingerprint density at radius 1 is 1.40 bits per heavy atom. The van der Waals surface area contributed by atoms with Gasteiger partial charge in [0, 0.05) is 13.6 Å². The van der Waals surface area contributed by atoms with E-state index in [1.807, 2.05) is 22.9 Å². The Morgan fingerprint density at radius 2 is 2.15 bits per heavy atom. The highest BCUT2D eigenvalue weighted by Crippen LogP contribution is 2.24. The van der Waals surface area contributed by atoms with E-state index in [4.69, 9.17) is 11.0 Å². The molecule has 2 rings (SSSR count). The number of hydrogen-bond donors (Lipinski definition) is 1. The molecule has 1 aromatic carbocycles. The lowest BCUT2D eigenvalue weighted by Gasteiger charge is -2.17. The van der Waals surface area contributed by atoms with Crippen molar-refractivity contribution in [3.05, 3.63) is 46.2 Å². The summed E-state index contributed by atoms with van der Waals surface area (Å²) in [4.78, 5) is 0.0224. The summed E-state index contributed by atoms with van der Waals surface area (Å²) in [5, 5.41) is 12.6. The van der Waals surface area contributed by atoms with Gasteiger partial charge >= 0.3 is 0 Å². The maximum Gasteiger partial charge on any atom is 0.245 e. The van der Waals surface area contributed by atoms with E-state index in [9.17, 15) is 8.42 Å². The first kappa shape index (κ1) is 14.5. The number of rotatable bonds is 4. The maximum absolute atomic E-state index is 12.4. The van der Waals surface area contributed by atoms with Crippen LogP contribution in [0.25, 0.3) is 0 Å². The molecule has 104 valence electrons. The lowest BCUT2D eigenvalue weighted by atomic mass is 10.2. The molecule has 0 aliphatic heterocycles. The van der Waals surface area contributed by atoms with E-state index < -0.39 is 10.0 Å². The van der Waals surface area contributed by atoms with Crippen molar-refractivity contribution in [1.29, 1.82) is 5.26 Å². The first-order valence-electron chi connectivity index (χ1n) is 5.72. The van der Waals surface area contributed by atoms with Gasteiger partial charge in [0.2, 0.25) is 10.0 Å². The molecule has 0 aliphatic carbocycles. The molecule has 0 saturated carbocycles. The molecule has 2 aromatic rings. The van der Waals surface area contributed by atoms with Crippen molar-refractivity contribution in [3.63, 3.8) is 0 Å². The van der Waals surface area contributed by atoms with Crippen molar-refractivity contribution in [1.82, 2.24) is 4.31 Å². The highest BCUT2D eigenvalue weighted by atomic mass is 32.2. The average molecular weight is 307 g/mol. The van der Waals surface area contributed by atoms with Crippen LogP contribution in [0.2, 0.25) is 0 Å². The predicted octanol–water partition coefficient (Wildman–Crippen LogP) is 2.02. The van der Waals surface area contributed by atoms with E-state index in [0.717, 1.165) is 5.56 Å². The van der Waals surface area contributed by atoms with Gasteiger partial charge in [-0.25, -0.2) is 8.42 Å². The van der Waals surface area contributed by atoms with E-state index in [1.165, 1.54) is 40.9 Å². The normalized spacial score (nSPS) is 11.4. The number of nitrogens with two attached hydrogens (primary N) is 1. The number of hydrogen-bond acceptors (Lipinski definition) is 5. The van der Waals surface area contributed by atoms with Crippen LogP contribution in [0.5, 0.6) is 0 Å². The summed E-state index contributed by atoms with van der Waals surface area (Å²) in [6.07, 6.45) is 0. The second kappa shape index (κ2) is 5.63. The van der Waals surface area contributed by atoms with Gasteiger partial charge in [0.15, 0.2) is 0 Å².